The van der Waals surface area contributed by atoms with Gasteiger partial charge in [0.15, 0.2) is 0 Å². The average Bonchev–Trinajstić information content (AvgIpc) is 2.66. The molecule has 1 aromatic carbocycles. The van der Waals surface area contributed by atoms with E-state index in [2.05, 4.69) is 56.3 Å². The molecule has 1 aliphatic rings. The molecule has 72 valence electrons. The van der Waals surface area contributed by atoms with Gasteiger partial charge in [-0.1, -0.05) is 60.6 Å². The third-order valence-corrected chi connectivity index (χ3v) is 2.75. The van der Waals surface area contributed by atoms with Crippen LogP contribution >= 0.6 is 0 Å². The first-order chi connectivity index (χ1) is 6.79. The van der Waals surface area contributed by atoms with Gasteiger partial charge >= 0.3 is 0 Å². The monoisotopic (exact) mass is 184 g/mol. The van der Waals surface area contributed by atoms with Crippen molar-refractivity contribution in [3.8, 4) is 0 Å². The van der Waals surface area contributed by atoms with Gasteiger partial charge in [-0.15, -0.1) is 0 Å². The van der Waals surface area contributed by atoms with Gasteiger partial charge in [-0.25, -0.2) is 0 Å². The Labute approximate surface area is 86.0 Å². The lowest BCUT2D eigenvalue weighted by atomic mass is 9.99. The Hall–Kier alpha value is -1.30. The normalized spacial score (nSPS) is 19.9. The predicted molar refractivity (Wildman–Crippen MR) is 61.4 cm³/mol. The molecule has 0 N–H and O–H groups in total. The van der Waals surface area contributed by atoms with Gasteiger partial charge in [0.2, 0.25) is 0 Å². The lowest BCUT2D eigenvalue weighted by Crippen LogP contribution is -1.89. The van der Waals surface area contributed by atoms with Crippen LogP contribution in [0, 0.1) is 6.92 Å². The van der Waals surface area contributed by atoms with Gasteiger partial charge in [-0.2, -0.15) is 0 Å². The third-order valence-electron chi connectivity index (χ3n) is 2.75. The van der Waals surface area contributed by atoms with Crippen LogP contribution in [0.3, 0.4) is 0 Å². The molecular formula is C14H16. The zero-order chi connectivity index (χ0) is 9.97. The van der Waals surface area contributed by atoms with Crippen LogP contribution in [0.4, 0.5) is 0 Å². The maximum absolute atomic E-state index is 2.36. The summed E-state index contributed by atoms with van der Waals surface area (Å²) < 4.78 is 0. The number of hydrogen-bond donors (Lipinski definition) is 0. The number of hydrogen-bond acceptors (Lipinski definition) is 0. The molecule has 14 heavy (non-hydrogen) atoms. The van der Waals surface area contributed by atoms with Crippen LogP contribution in [0.15, 0.2) is 48.1 Å². The van der Waals surface area contributed by atoms with Gasteiger partial charge in [-0.05, 0) is 18.9 Å². The van der Waals surface area contributed by atoms with Crippen LogP contribution in [0.1, 0.15) is 30.4 Å². The van der Waals surface area contributed by atoms with Crippen molar-refractivity contribution in [2.24, 2.45) is 0 Å². The van der Waals surface area contributed by atoms with Crippen molar-refractivity contribution >= 4 is 0 Å². The molecule has 0 heteroatoms. The van der Waals surface area contributed by atoms with Gasteiger partial charge in [0.25, 0.3) is 0 Å². The molecule has 0 amide bonds. The predicted octanol–water partition coefficient (Wildman–Crippen LogP) is 3.98. The molecule has 0 saturated heterocycles. The summed E-state index contributed by atoms with van der Waals surface area (Å²) in [6.45, 7) is 4.35. The zero-order valence-electron chi connectivity index (χ0n) is 8.83. The summed E-state index contributed by atoms with van der Waals surface area (Å²) in [6, 6.07) is 8.75. The highest BCUT2D eigenvalue weighted by Gasteiger charge is 2.10. The van der Waals surface area contributed by atoms with Crippen LogP contribution in [0.2, 0.25) is 0 Å². The van der Waals surface area contributed by atoms with E-state index < -0.39 is 0 Å². The van der Waals surface area contributed by atoms with Gasteiger partial charge in [0, 0.05) is 5.92 Å². The highest BCUT2D eigenvalue weighted by molar-refractivity contribution is 5.40. The van der Waals surface area contributed by atoms with Crippen LogP contribution in [0.5, 0.6) is 0 Å². The molecule has 0 heterocycles. The molecule has 1 atom stereocenters. The van der Waals surface area contributed by atoms with Gasteiger partial charge in [-0.3, -0.25) is 0 Å². The van der Waals surface area contributed by atoms with E-state index in [0.29, 0.717) is 5.92 Å². The fourth-order valence-electron chi connectivity index (χ4n) is 1.89. The number of aryl methyl sites for hydroxylation is 1. The summed E-state index contributed by atoms with van der Waals surface area (Å²) in [7, 11) is 0. The van der Waals surface area contributed by atoms with Gasteiger partial charge in [0.1, 0.15) is 0 Å². The number of rotatable bonds is 2. The second-order valence-electron chi connectivity index (χ2n) is 3.89. The Morgan fingerprint density at radius 2 is 2.14 bits per heavy atom. The van der Waals surface area contributed by atoms with E-state index in [4.69, 9.17) is 0 Å². The summed E-state index contributed by atoms with van der Waals surface area (Å²) >= 11 is 0. The smallest absolute Gasteiger partial charge is 0.0207 e. The summed E-state index contributed by atoms with van der Waals surface area (Å²) in [5, 5.41) is 0. The molecule has 0 fully saturated rings. The van der Waals surface area contributed by atoms with E-state index >= 15 is 0 Å². The van der Waals surface area contributed by atoms with Crippen LogP contribution < -0.4 is 0 Å². The number of benzene rings is 1. The summed E-state index contributed by atoms with van der Waals surface area (Å²) in [5.41, 5.74) is 4.20. The van der Waals surface area contributed by atoms with Crippen LogP contribution in [-0.2, 0) is 0 Å². The summed E-state index contributed by atoms with van der Waals surface area (Å²) in [6.07, 6.45) is 8.02. The van der Waals surface area contributed by atoms with Crippen molar-refractivity contribution in [2.45, 2.75) is 26.2 Å². The van der Waals surface area contributed by atoms with Crippen LogP contribution in [-0.4, -0.2) is 0 Å². The molecule has 0 bridgehead atoms. The summed E-state index contributed by atoms with van der Waals surface area (Å²) in [4.78, 5) is 0. The fourth-order valence-corrected chi connectivity index (χ4v) is 1.89. The van der Waals surface area contributed by atoms with E-state index in [1.54, 1.807) is 0 Å². The highest BCUT2D eigenvalue weighted by Crippen LogP contribution is 2.27. The van der Waals surface area contributed by atoms with Crippen molar-refractivity contribution in [1.29, 1.82) is 0 Å². The molecule has 0 saturated carbocycles. The molecule has 0 radical (unpaired) electrons. The Bertz CT molecular complexity index is 383. The first-order valence-electron chi connectivity index (χ1n) is 5.25. The van der Waals surface area contributed by atoms with E-state index in [-0.39, 0.29) is 0 Å². The van der Waals surface area contributed by atoms with E-state index in [1.807, 2.05) is 0 Å². The molecule has 2 rings (SSSR count). The second-order valence-corrected chi connectivity index (χ2v) is 3.89. The molecule has 1 unspecified atom stereocenters. The van der Waals surface area contributed by atoms with Crippen molar-refractivity contribution < 1.29 is 0 Å². The van der Waals surface area contributed by atoms with Gasteiger partial charge < -0.3 is 0 Å². The lowest BCUT2D eigenvalue weighted by molar-refractivity contribution is 1.07. The highest BCUT2D eigenvalue weighted by atomic mass is 14.1. The lowest BCUT2D eigenvalue weighted by Gasteiger charge is -2.06. The average molecular weight is 184 g/mol. The zero-order valence-corrected chi connectivity index (χ0v) is 8.83. The fraction of sp³-hybridized carbons (Fsp3) is 0.286. The van der Waals surface area contributed by atoms with Crippen molar-refractivity contribution in [3.63, 3.8) is 0 Å². The quantitative estimate of drug-likeness (QED) is 0.652. The second kappa shape index (κ2) is 3.83. The third kappa shape index (κ3) is 1.79. The van der Waals surface area contributed by atoms with Gasteiger partial charge in [0.05, 0.1) is 0 Å². The standard InChI is InChI=1S/C14H16/c1-3-12-7-8-14(10-12)13-6-4-5-11(2)9-13/h4-10,14H,3H2,1-2H3. The Balaban J connectivity index is 2.26. The first-order valence-corrected chi connectivity index (χ1v) is 5.25. The van der Waals surface area contributed by atoms with E-state index in [1.165, 1.54) is 16.7 Å². The van der Waals surface area contributed by atoms with Crippen LogP contribution in [0.25, 0.3) is 0 Å². The molecule has 1 aliphatic carbocycles. The minimum atomic E-state index is 0.504. The summed E-state index contributed by atoms with van der Waals surface area (Å²) in [5.74, 6) is 0.504. The Kier molecular flexibility index (Phi) is 2.53. The minimum absolute atomic E-state index is 0.504. The van der Waals surface area contributed by atoms with Crippen molar-refractivity contribution in [1.82, 2.24) is 0 Å². The largest absolute Gasteiger partial charge is 0.0730 e. The SMILES string of the molecule is CCC1=CC(c2cccc(C)c2)C=C1. The molecular weight excluding hydrogens is 168 g/mol. The maximum atomic E-state index is 2.36. The van der Waals surface area contributed by atoms with Crippen molar-refractivity contribution in [3.05, 3.63) is 59.2 Å². The Morgan fingerprint density at radius 1 is 1.29 bits per heavy atom. The topological polar surface area (TPSA) is 0 Å². The Morgan fingerprint density at radius 3 is 2.79 bits per heavy atom. The van der Waals surface area contributed by atoms with Crippen molar-refractivity contribution in [2.75, 3.05) is 0 Å². The molecule has 0 aliphatic heterocycles. The molecule has 1 aromatic rings. The van der Waals surface area contributed by atoms with E-state index in [9.17, 15) is 0 Å². The number of allylic oxidation sites excluding steroid dienone is 4. The molecule has 0 spiro atoms. The van der Waals surface area contributed by atoms with E-state index in [0.717, 1.165) is 6.42 Å². The molecule has 0 aromatic heterocycles. The molecule has 0 nitrogen and oxygen atoms in total. The maximum Gasteiger partial charge on any atom is 0.0207 e. The first kappa shape index (κ1) is 9.26. The minimum Gasteiger partial charge on any atom is -0.0730 e.